The molecule has 19 heavy (non-hydrogen) atoms. The summed E-state index contributed by atoms with van der Waals surface area (Å²) in [5.74, 6) is 1.08. The quantitative estimate of drug-likeness (QED) is 0.881. The van der Waals surface area contributed by atoms with Gasteiger partial charge in [-0.1, -0.05) is 18.2 Å². The Morgan fingerprint density at radius 2 is 2.11 bits per heavy atom. The van der Waals surface area contributed by atoms with Gasteiger partial charge in [-0.05, 0) is 44.6 Å². The van der Waals surface area contributed by atoms with Gasteiger partial charge < -0.3 is 9.73 Å². The summed E-state index contributed by atoms with van der Waals surface area (Å²) in [7, 11) is 0. The van der Waals surface area contributed by atoms with Gasteiger partial charge in [0.25, 0.3) is 0 Å². The molecular weight excluding hydrogens is 254 g/mol. The van der Waals surface area contributed by atoms with E-state index in [0.717, 1.165) is 17.9 Å². The predicted octanol–water partition coefficient (Wildman–Crippen LogP) is 4.29. The maximum atomic E-state index is 6.01. The van der Waals surface area contributed by atoms with E-state index in [0.29, 0.717) is 4.75 Å². The lowest BCUT2D eigenvalue weighted by molar-refractivity contribution is 0.446. The molecule has 2 nitrogen and oxygen atoms in total. The van der Waals surface area contributed by atoms with Crippen molar-refractivity contribution in [1.82, 2.24) is 5.32 Å². The highest BCUT2D eigenvalue weighted by Crippen LogP contribution is 2.46. The lowest BCUT2D eigenvalue weighted by Gasteiger charge is -2.17. The smallest absolute Gasteiger partial charge is 0.134 e. The van der Waals surface area contributed by atoms with Crippen LogP contribution in [0, 0.1) is 6.92 Å². The average Bonchev–Trinajstić information content (AvgIpc) is 3.15. The van der Waals surface area contributed by atoms with Crippen LogP contribution < -0.4 is 5.32 Å². The minimum atomic E-state index is 0.275. The third kappa shape index (κ3) is 2.41. The topological polar surface area (TPSA) is 25.2 Å². The van der Waals surface area contributed by atoms with E-state index in [-0.39, 0.29) is 6.04 Å². The fourth-order valence-corrected chi connectivity index (χ4v) is 3.37. The van der Waals surface area contributed by atoms with Gasteiger partial charge in [0.1, 0.15) is 11.3 Å². The molecule has 3 heteroatoms. The van der Waals surface area contributed by atoms with Crippen molar-refractivity contribution in [2.75, 3.05) is 12.8 Å². The molecule has 1 unspecified atom stereocenters. The molecule has 102 valence electrons. The van der Waals surface area contributed by atoms with Crippen LogP contribution in [0.5, 0.6) is 0 Å². The third-order valence-corrected chi connectivity index (χ3v) is 5.66. The van der Waals surface area contributed by atoms with Gasteiger partial charge in [0.15, 0.2) is 0 Å². The number of para-hydroxylation sites is 1. The summed E-state index contributed by atoms with van der Waals surface area (Å²) < 4.78 is 6.50. The van der Waals surface area contributed by atoms with Gasteiger partial charge in [0.2, 0.25) is 0 Å². The molecule has 0 aliphatic heterocycles. The van der Waals surface area contributed by atoms with E-state index in [1.807, 2.05) is 23.9 Å². The molecule has 1 aliphatic rings. The highest BCUT2D eigenvalue weighted by atomic mass is 32.2. The Hall–Kier alpha value is -0.930. The van der Waals surface area contributed by atoms with Crippen LogP contribution >= 0.6 is 11.8 Å². The van der Waals surface area contributed by atoms with Gasteiger partial charge in [0, 0.05) is 16.7 Å². The summed E-state index contributed by atoms with van der Waals surface area (Å²) in [6, 6.07) is 8.55. The number of fused-ring (bicyclic) bond motifs is 1. The van der Waals surface area contributed by atoms with Crippen molar-refractivity contribution in [3.05, 3.63) is 35.6 Å². The van der Waals surface area contributed by atoms with Gasteiger partial charge in [0.05, 0.1) is 6.04 Å². The summed E-state index contributed by atoms with van der Waals surface area (Å²) in [6.45, 7) is 5.42. The second-order valence-corrected chi connectivity index (χ2v) is 6.85. The van der Waals surface area contributed by atoms with Crippen molar-refractivity contribution in [3.63, 3.8) is 0 Å². The third-order valence-electron chi connectivity index (χ3n) is 4.24. The number of hydrogen-bond donors (Lipinski definition) is 1. The van der Waals surface area contributed by atoms with Crippen LogP contribution in [-0.4, -0.2) is 17.5 Å². The first-order valence-corrected chi connectivity index (χ1v) is 8.14. The van der Waals surface area contributed by atoms with Crippen LogP contribution in [0.4, 0.5) is 0 Å². The second-order valence-electron chi connectivity index (χ2n) is 5.58. The van der Waals surface area contributed by atoms with E-state index in [1.54, 1.807) is 0 Å². The van der Waals surface area contributed by atoms with Gasteiger partial charge in [-0.2, -0.15) is 11.8 Å². The Balaban J connectivity index is 1.77. The van der Waals surface area contributed by atoms with Crippen LogP contribution in [-0.2, 0) is 0 Å². The molecule has 1 atom stereocenters. The molecule has 0 amide bonds. The van der Waals surface area contributed by atoms with Crippen molar-refractivity contribution in [2.24, 2.45) is 0 Å². The largest absolute Gasteiger partial charge is 0.459 e. The van der Waals surface area contributed by atoms with Crippen molar-refractivity contribution in [2.45, 2.75) is 37.5 Å². The monoisotopic (exact) mass is 275 g/mol. The molecule has 1 aliphatic carbocycles. The van der Waals surface area contributed by atoms with Crippen LogP contribution in [0.25, 0.3) is 11.0 Å². The van der Waals surface area contributed by atoms with Crippen molar-refractivity contribution in [3.8, 4) is 0 Å². The summed E-state index contributed by atoms with van der Waals surface area (Å²) in [5, 5.41) is 4.87. The zero-order valence-electron chi connectivity index (χ0n) is 11.8. The molecule has 1 N–H and O–H groups in total. The van der Waals surface area contributed by atoms with E-state index in [9.17, 15) is 0 Å². The summed E-state index contributed by atoms with van der Waals surface area (Å²) in [6.07, 6.45) is 4.89. The molecule has 2 aromatic rings. The lowest BCUT2D eigenvalue weighted by Crippen LogP contribution is -2.28. The number of aryl methyl sites for hydroxylation is 1. The summed E-state index contributed by atoms with van der Waals surface area (Å²) in [4.78, 5) is 0. The first-order valence-electron chi connectivity index (χ1n) is 6.92. The molecule has 0 saturated heterocycles. The Morgan fingerprint density at radius 3 is 2.74 bits per heavy atom. The maximum absolute atomic E-state index is 6.01. The van der Waals surface area contributed by atoms with E-state index >= 15 is 0 Å². The molecule has 0 spiro atoms. The van der Waals surface area contributed by atoms with E-state index in [4.69, 9.17) is 4.42 Å². The maximum Gasteiger partial charge on any atom is 0.134 e. The predicted molar refractivity (Wildman–Crippen MR) is 82.8 cm³/mol. The van der Waals surface area contributed by atoms with E-state index < -0.39 is 0 Å². The molecule has 1 fully saturated rings. The SMILES string of the molecule is CSC1(CNC(C)c2oc3ccccc3c2C)CC1. The molecule has 3 rings (SSSR count). The number of furan rings is 1. The van der Waals surface area contributed by atoms with Crippen LogP contribution in [0.1, 0.15) is 37.1 Å². The minimum Gasteiger partial charge on any atom is -0.459 e. The summed E-state index contributed by atoms with van der Waals surface area (Å²) >= 11 is 1.99. The van der Waals surface area contributed by atoms with E-state index in [2.05, 4.69) is 37.6 Å². The molecule has 0 bridgehead atoms. The highest BCUT2D eigenvalue weighted by Gasteiger charge is 2.41. The van der Waals surface area contributed by atoms with Crippen molar-refractivity contribution < 1.29 is 4.42 Å². The van der Waals surface area contributed by atoms with Crippen molar-refractivity contribution >= 4 is 22.7 Å². The van der Waals surface area contributed by atoms with Crippen LogP contribution in [0.2, 0.25) is 0 Å². The van der Waals surface area contributed by atoms with Gasteiger partial charge in [-0.25, -0.2) is 0 Å². The Morgan fingerprint density at radius 1 is 1.37 bits per heavy atom. The van der Waals surface area contributed by atoms with Gasteiger partial charge in [-0.3, -0.25) is 0 Å². The Bertz CT molecular complexity index is 585. The number of thioether (sulfide) groups is 1. The van der Waals surface area contributed by atoms with Crippen molar-refractivity contribution in [1.29, 1.82) is 0 Å². The zero-order valence-corrected chi connectivity index (χ0v) is 12.6. The standard InChI is InChI=1S/C16H21NOS/c1-11-13-6-4-5-7-14(13)18-15(11)12(2)17-10-16(19-3)8-9-16/h4-7,12,17H,8-10H2,1-3H3. The van der Waals surface area contributed by atoms with Crippen LogP contribution in [0.3, 0.4) is 0 Å². The number of benzene rings is 1. The molecule has 1 saturated carbocycles. The van der Waals surface area contributed by atoms with Crippen LogP contribution in [0.15, 0.2) is 28.7 Å². The fraction of sp³-hybridized carbons (Fsp3) is 0.500. The number of nitrogens with one attached hydrogen (secondary N) is 1. The zero-order chi connectivity index (χ0) is 13.5. The van der Waals surface area contributed by atoms with Gasteiger partial charge in [-0.15, -0.1) is 0 Å². The first kappa shape index (κ1) is 13.1. The number of hydrogen-bond acceptors (Lipinski definition) is 3. The Labute approximate surface area is 118 Å². The Kier molecular flexibility index (Phi) is 3.35. The van der Waals surface area contributed by atoms with Gasteiger partial charge >= 0.3 is 0 Å². The molecule has 1 aromatic heterocycles. The molecule has 1 heterocycles. The highest BCUT2D eigenvalue weighted by molar-refractivity contribution is 8.00. The van der Waals surface area contributed by atoms with E-state index in [1.165, 1.54) is 23.8 Å². The average molecular weight is 275 g/mol. The number of rotatable bonds is 5. The second kappa shape index (κ2) is 4.88. The summed E-state index contributed by atoms with van der Waals surface area (Å²) in [5.41, 5.74) is 2.26. The minimum absolute atomic E-state index is 0.275. The first-order chi connectivity index (χ1) is 9.15. The normalized spacial score (nSPS) is 18.7. The fourth-order valence-electron chi connectivity index (χ4n) is 2.63. The lowest BCUT2D eigenvalue weighted by atomic mass is 10.1. The molecule has 0 radical (unpaired) electrons. The molecular formula is C16H21NOS. The molecule has 1 aromatic carbocycles.